The molecule has 1 unspecified atom stereocenters. The van der Waals surface area contributed by atoms with Crippen molar-refractivity contribution in [3.05, 3.63) is 54.2 Å². The lowest BCUT2D eigenvalue weighted by atomic mass is 10.2. The van der Waals surface area contributed by atoms with Gasteiger partial charge in [0.2, 0.25) is 5.89 Å². The van der Waals surface area contributed by atoms with Crippen molar-refractivity contribution in [2.24, 2.45) is 0 Å². The molecule has 0 radical (unpaired) electrons. The summed E-state index contributed by atoms with van der Waals surface area (Å²) in [4.78, 5) is 9.89. The molecule has 0 saturated heterocycles. The van der Waals surface area contributed by atoms with Crippen LogP contribution >= 0.6 is 11.8 Å². The standard InChI is InChI=1S/C17H18N4O2S/c1-12-18-7-9-21(12)8-6-16-19-17(23-20-16)10-13-11-24-15-5-3-2-4-14(15)22-13/h2-5,7,9,13H,6,8,10-11H2,1H3. The maximum atomic E-state index is 6.02. The lowest BCUT2D eigenvalue weighted by Crippen LogP contribution is -2.25. The lowest BCUT2D eigenvalue weighted by molar-refractivity contribution is 0.200. The number of hydrogen-bond acceptors (Lipinski definition) is 6. The second kappa shape index (κ2) is 6.68. The molecule has 1 atom stereocenters. The number of fused-ring (bicyclic) bond motifs is 1. The quantitative estimate of drug-likeness (QED) is 0.710. The second-order valence-electron chi connectivity index (χ2n) is 5.72. The van der Waals surface area contributed by atoms with Gasteiger partial charge in [0.25, 0.3) is 0 Å². The molecular weight excluding hydrogens is 324 g/mol. The number of rotatable bonds is 5. The number of hydrogen-bond donors (Lipinski definition) is 0. The summed E-state index contributed by atoms with van der Waals surface area (Å²) in [5, 5.41) is 4.07. The Bertz CT molecular complexity index is 829. The van der Waals surface area contributed by atoms with Gasteiger partial charge >= 0.3 is 0 Å². The highest BCUT2D eigenvalue weighted by molar-refractivity contribution is 7.99. The minimum absolute atomic E-state index is 0.0640. The molecule has 1 aromatic carbocycles. The van der Waals surface area contributed by atoms with Crippen molar-refractivity contribution in [1.29, 1.82) is 0 Å². The first kappa shape index (κ1) is 15.3. The minimum atomic E-state index is 0.0640. The van der Waals surface area contributed by atoms with Crippen LogP contribution in [0.25, 0.3) is 0 Å². The molecule has 4 rings (SSSR count). The largest absolute Gasteiger partial charge is 0.488 e. The van der Waals surface area contributed by atoms with Gasteiger partial charge in [-0.2, -0.15) is 4.98 Å². The van der Waals surface area contributed by atoms with E-state index >= 15 is 0 Å². The van der Waals surface area contributed by atoms with Crippen LogP contribution in [0.5, 0.6) is 5.75 Å². The number of imidazole rings is 1. The third kappa shape index (κ3) is 3.31. The average molecular weight is 342 g/mol. The van der Waals surface area contributed by atoms with E-state index in [9.17, 15) is 0 Å². The number of thioether (sulfide) groups is 1. The van der Waals surface area contributed by atoms with Crippen LogP contribution in [0.1, 0.15) is 17.5 Å². The number of aryl methyl sites for hydroxylation is 3. The maximum absolute atomic E-state index is 6.02. The predicted octanol–water partition coefficient (Wildman–Crippen LogP) is 2.91. The highest BCUT2D eigenvalue weighted by Crippen LogP contribution is 2.35. The molecule has 1 aliphatic heterocycles. The fraction of sp³-hybridized carbons (Fsp3) is 0.353. The molecule has 6 nitrogen and oxygen atoms in total. The Morgan fingerprint density at radius 2 is 2.25 bits per heavy atom. The molecule has 3 aromatic rings. The summed E-state index contributed by atoms with van der Waals surface area (Å²) < 4.78 is 13.5. The second-order valence-corrected chi connectivity index (χ2v) is 6.79. The van der Waals surface area contributed by atoms with Gasteiger partial charge in [-0.05, 0) is 19.1 Å². The van der Waals surface area contributed by atoms with Gasteiger partial charge in [-0.25, -0.2) is 4.98 Å². The van der Waals surface area contributed by atoms with Crippen molar-refractivity contribution in [3.8, 4) is 5.75 Å². The first-order valence-electron chi connectivity index (χ1n) is 7.95. The molecule has 124 valence electrons. The van der Waals surface area contributed by atoms with Gasteiger partial charge in [0.05, 0.1) is 6.42 Å². The SMILES string of the molecule is Cc1nccn1CCc1noc(CC2CSc3ccccc3O2)n1. The van der Waals surface area contributed by atoms with Gasteiger partial charge in [-0.15, -0.1) is 11.8 Å². The molecule has 2 aromatic heterocycles. The number of ether oxygens (including phenoxy) is 1. The summed E-state index contributed by atoms with van der Waals surface area (Å²) in [6.07, 6.45) is 5.19. The van der Waals surface area contributed by atoms with E-state index in [1.54, 1.807) is 6.20 Å². The van der Waals surface area contributed by atoms with Crippen molar-refractivity contribution in [2.75, 3.05) is 5.75 Å². The van der Waals surface area contributed by atoms with Crippen molar-refractivity contribution < 1.29 is 9.26 Å². The topological polar surface area (TPSA) is 66.0 Å². The van der Waals surface area contributed by atoms with E-state index in [4.69, 9.17) is 9.26 Å². The van der Waals surface area contributed by atoms with Gasteiger partial charge < -0.3 is 13.8 Å². The zero-order valence-electron chi connectivity index (χ0n) is 13.4. The fourth-order valence-corrected chi connectivity index (χ4v) is 3.68. The van der Waals surface area contributed by atoms with E-state index in [2.05, 4.69) is 25.8 Å². The number of nitrogens with zero attached hydrogens (tertiary/aromatic N) is 4. The zero-order chi connectivity index (χ0) is 16.4. The van der Waals surface area contributed by atoms with Crippen LogP contribution in [-0.4, -0.2) is 31.5 Å². The molecule has 7 heteroatoms. The minimum Gasteiger partial charge on any atom is -0.488 e. The van der Waals surface area contributed by atoms with Gasteiger partial charge in [-0.3, -0.25) is 0 Å². The summed E-state index contributed by atoms with van der Waals surface area (Å²) in [5.41, 5.74) is 0. The van der Waals surface area contributed by atoms with E-state index in [1.165, 1.54) is 4.90 Å². The van der Waals surface area contributed by atoms with Crippen molar-refractivity contribution in [1.82, 2.24) is 19.7 Å². The van der Waals surface area contributed by atoms with Crippen LogP contribution in [-0.2, 0) is 19.4 Å². The zero-order valence-corrected chi connectivity index (χ0v) is 14.2. The van der Waals surface area contributed by atoms with Gasteiger partial charge in [0.15, 0.2) is 5.82 Å². The Labute approximate surface area is 144 Å². The molecule has 0 aliphatic carbocycles. The van der Waals surface area contributed by atoms with E-state index in [0.29, 0.717) is 12.3 Å². The maximum Gasteiger partial charge on any atom is 0.230 e. The first-order chi connectivity index (χ1) is 11.8. The Balaban J connectivity index is 1.35. The van der Waals surface area contributed by atoms with E-state index in [-0.39, 0.29) is 6.10 Å². The van der Waals surface area contributed by atoms with E-state index in [0.717, 1.165) is 36.1 Å². The van der Waals surface area contributed by atoms with Crippen LogP contribution < -0.4 is 4.74 Å². The Kier molecular flexibility index (Phi) is 4.25. The smallest absolute Gasteiger partial charge is 0.230 e. The summed E-state index contributed by atoms with van der Waals surface area (Å²) in [6, 6.07) is 8.10. The van der Waals surface area contributed by atoms with Crippen molar-refractivity contribution in [3.63, 3.8) is 0 Å². The third-order valence-electron chi connectivity index (χ3n) is 3.98. The molecule has 0 fully saturated rings. The Hall–Kier alpha value is -2.28. The van der Waals surface area contributed by atoms with Crippen LogP contribution in [0.2, 0.25) is 0 Å². The Morgan fingerprint density at radius 3 is 3.12 bits per heavy atom. The lowest BCUT2D eigenvalue weighted by Gasteiger charge is -2.24. The monoisotopic (exact) mass is 342 g/mol. The van der Waals surface area contributed by atoms with E-state index in [1.807, 2.05) is 43.1 Å². The molecule has 0 spiro atoms. The summed E-state index contributed by atoms with van der Waals surface area (Å²) in [5.74, 6) is 4.18. The molecule has 0 saturated carbocycles. The molecule has 0 bridgehead atoms. The van der Waals surface area contributed by atoms with Gasteiger partial charge in [0.1, 0.15) is 17.7 Å². The summed E-state index contributed by atoms with van der Waals surface area (Å²) in [6.45, 7) is 2.78. The molecule has 0 N–H and O–H groups in total. The first-order valence-corrected chi connectivity index (χ1v) is 8.94. The van der Waals surface area contributed by atoms with Crippen LogP contribution in [0, 0.1) is 6.92 Å². The van der Waals surface area contributed by atoms with Gasteiger partial charge in [0, 0.05) is 36.0 Å². The van der Waals surface area contributed by atoms with Crippen LogP contribution in [0.4, 0.5) is 0 Å². The number of benzene rings is 1. The molecular formula is C17H18N4O2S. The Morgan fingerprint density at radius 1 is 1.33 bits per heavy atom. The predicted molar refractivity (Wildman–Crippen MR) is 90.3 cm³/mol. The molecule has 3 heterocycles. The molecule has 24 heavy (non-hydrogen) atoms. The normalized spacial score (nSPS) is 16.6. The van der Waals surface area contributed by atoms with Crippen LogP contribution in [0.3, 0.4) is 0 Å². The summed E-state index contributed by atoms with van der Waals surface area (Å²) >= 11 is 1.81. The average Bonchev–Trinajstić information content (AvgIpc) is 3.22. The van der Waals surface area contributed by atoms with E-state index < -0.39 is 0 Å². The fourth-order valence-electron chi connectivity index (χ4n) is 2.69. The highest BCUT2D eigenvalue weighted by Gasteiger charge is 2.22. The summed E-state index contributed by atoms with van der Waals surface area (Å²) in [7, 11) is 0. The third-order valence-corrected chi connectivity index (χ3v) is 5.17. The molecule has 1 aliphatic rings. The van der Waals surface area contributed by atoms with Crippen LogP contribution in [0.15, 0.2) is 46.1 Å². The number of aromatic nitrogens is 4. The van der Waals surface area contributed by atoms with Crippen molar-refractivity contribution >= 4 is 11.8 Å². The van der Waals surface area contributed by atoms with Gasteiger partial charge in [-0.1, -0.05) is 17.3 Å². The number of para-hydroxylation sites is 1. The molecule has 0 amide bonds. The van der Waals surface area contributed by atoms with Crippen molar-refractivity contribution in [2.45, 2.75) is 37.3 Å². The highest BCUT2D eigenvalue weighted by atomic mass is 32.2.